The number of rotatable bonds is 1. The molecule has 2 aromatic rings. The number of furan rings is 1. The fourth-order valence-corrected chi connectivity index (χ4v) is 2.68. The van der Waals surface area contributed by atoms with E-state index in [2.05, 4.69) is 13.8 Å². The summed E-state index contributed by atoms with van der Waals surface area (Å²) in [7, 11) is 0. The van der Waals surface area contributed by atoms with Gasteiger partial charge in [-0.2, -0.15) is 0 Å². The largest absolute Gasteiger partial charge is 0.490 e. The number of ether oxygens (including phenoxy) is 1. The first-order valence-electron chi connectivity index (χ1n) is 6.29. The quantitative estimate of drug-likeness (QED) is 0.720. The molecule has 1 aromatic carbocycles. The number of carbonyl (C=O) groups is 1. The molecule has 3 rings (SSSR count). The van der Waals surface area contributed by atoms with Gasteiger partial charge in [-0.3, -0.25) is 4.79 Å². The second-order valence-corrected chi connectivity index (χ2v) is 5.03. The van der Waals surface area contributed by atoms with Crippen molar-refractivity contribution in [1.29, 1.82) is 0 Å². The first kappa shape index (κ1) is 11.3. The molecule has 94 valence electrons. The lowest BCUT2D eigenvalue weighted by atomic mass is 9.94. The van der Waals surface area contributed by atoms with E-state index in [4.69, 9.17) is 9.15 Å². The molecule has 2 heterocycles. The van der Waals surface area contributed by atoms with Gasteiger partial charge >= 0.3 is 0 Å². The van der Waals surface area contributed by atoms with Gasteiger partial charge in [0.15, 0.2) is 12.0 Å². The summed E-state index contributed by atoms with van der Waals surface area (Å²) in [6.07, 6.45) is 3.00. The Hall–Kier alpha value is -1.77. The zero-order valence-electron chi connectivity index (χ0n) is 10.9. The average molecular weight is 244 g/mol. The maximum Gasteiger partial charge on any atom is 0.185 e. The van der Waals surface area contributed by atoms with Gasteiger partial charge < -0.3 is 9.15 Å². The molecule has 1 aromatic heterocycles. The number of hydrogen-bond donors (Lipinski definition) is 0. The van der Waals surface area contributed by atoms with E-state index in [-0.39, 0.29) is 6.10 Å². The molecule has 0 saturated heterocycles. The van der Waals surface area contributed by atoms with Gasteiger partial charge in [0, 0.05) is 10.9 Å². The van der Waals surface area contributed by atoms with Gasteiger partial charge in [0.25, 0.3) is 0 Å². The van der Waals surface area contributed by atoms with Crippen molar-refractivity contribution in [3.05, 3.63) is 28.5 Å². The van der Waals surface area contributed by atoms with Crippen LogP contribution in [-0.4, -0.2) is 12.4 Å². The van der Waals surface area contributed by atoms with Crippen molar-refractivity contribution in [1.82, 2.24) is 0 Å². The highest BCUT2D eigenvalue weighted by Gasteiger charge is 2.24. The lowest BCUT2D eigenvalue weighted by Crippen LogP contribution is -2.20. The van der Waals surface area contributed by atoms with Crippen molar-refractivity contribution in [2.75, 3.05) is 0 Å². The Morgan fingerprint density at radius 2 is 2.11 bits per heavy atom. The number of aldehydes is 1. The highest BCUT2D eigenvalue weighted by atomic mass is 16.5. The molecule has 18 heavy (non-hydrogen) atoms. The summed E-state index contributed by atoms with van der Waals surface area (Å²) < 4.78 is 11.6. The Labute approximate surface area is 106 Å². The van der Waals surface area contributed by atoms with Crippen molar-refractivity contribution >= 4 is 17.3 Å². The van der Waals surface area contributed by atoms with E-state index in [9.17, 15) is 4.79 Å². The van der Waals surface area contributed by atoms with Crippen LogP contribution < -0.4 is 4.74 Å². The molecular formula is C15H16O3. The smallest absolute Gasteiger partial charge is 0.185 e. The van der Waals surface area contributed by atoms with E-state index < -0.39 is 0 Å². The summed E-state index contributed by atoms with van der Waals surface area (Å²) in [5, 5.41) is 1.03. The van der Waals surface area contributed by atoms with Crippen LogP contribution >= 0.6 is 0 Å². The Morgan fingerprint density at radius 3 is 2.83 bits per heavy atom. The van der Waals surface area contributed by atoms with Gasteiger partial charge in [0.1, 0.15) is 11.3 Å². The average Bonchev–Trinajstić information content (AvgIpc) is 2.80. The summed E-state index contributed by atoms with van der Waals surface area (Å²) in [4.78, 5) is 10.9. The monoisotopic (exact) mass is 244 g/mol. The first-order valence-corrected chi connectivity index (χ1v) is 6.29. The number of benzene rings is 1. The predicted octanol–water partition coefficient (Wildman–Crippen LogP) is 3.58. The maximum atomic E-state index is 10.9. The van der Waals surface area contributed by atoms with Gasteiger partial charge in [-0.05, 0) is 50.8 Å². The maximum absolute atomic E-state index is 10.9. The second kappa shape index (κ2) is 3.87. The van der Waals surface area contributed by atoms with Gasteiger partial charge in [-0.15, -0.1) is 0 Å². The molecule has 1 atom stereocenters. The lowest BCUT2D eigenvalue weighted by molar-refractivity contribution is 0.110. The van der Waals surface area contributed by atoms with Crippen LogP contribution in [0.15, 0.2) is 10.5 Å². The van der Waals surface area contributed by atoms with E-state index in [0.717, 1.165) is 47.0 Å². The minimum absolute atomic E-state index is 0.255. The van der Waals surface area contributed by atoms with Crippen LogP contribution in [0.4, 0.5) is 0 Å². The van der Waals surface area contributed by atoms with Crippen molar-refractivity contribution < 1.29 is 13.9 Å². The fourth-order valence-electron chi connectivity index (χ4n) is 2.68. The number of hydrogen-bond acceptors (Lipinski definition) is 3. The Balaban J connectivity index is 2.36. The highest BCUT2D eigenvalue weighted by molar-refractivity contribution is 5.92. The summed E-state index contributed by atoms with van der Waals surface area (Å²) in [6, 6.07) is 1.83. The van der Waals surface area contributed by atoms with Gasteiger partial charge in [-0.25, -0.2) is 0 Å². The third kappa shape index (κ3) is 1.47. The first-order chi connectivity index (χ1) is 8.61. The third-order valence-corrected chi connectivity index (χ3v) is 3.83. The fraction of sp³-hybridized carbons (Fsp3) is 0.400. The molecule has 1 unspecified atom stereocenters. The summed E-state index contributed by atoms with van der Waals surface area (Å²) in [5.74, 6) is 1.37. The molecule has 3 heteroatoms. The normalized spacial score (nSPS) is 18.5. The topological polar surface area (TPSA) is 39.4 Å². The second-order valence-electron chi connectivity index (χ2n) is 5.03. The standard InChI is InChI=1S/C15H16O3/c1-8-4-5-12-13-6-11(7-16)18-15(13)10(3)9(2)14(12)17-8/h6-8H,4-5H2,1-3H3. The summed E-state index contributed by atoms with van der Waals surface area (Å²) >= 11 is 0. The predicted molar refractivity (Wildman–Crippen MR) is 69.5 cm³/mol. The third-order valence-electron chi connectivity index (χ3n) is 3.83. The molecule has 0 amide bonds. The molecular weight excluding hydrogens is 228 g/mol. The Bertz CT molecular complexity index is 637. The van der Waals surface area contributed by atoms with E-state index in [1.165, 1.54) is 5.56 Å². The zero-order valence-corrected chi connectivity index (χ0v) is 10.9. The van der Waals surface area contributed by atoms with Crippen LogP contribution in [-0.2, 0) is 6.42 Å². The van der Waals surface area contributed by atoms with E-state index >= 15 is 0 Å². The molecule has 1 aliphatic rings. The Morgan fingerprint density at radius 1 is 1.33 bits per heavy atom. The van der Waals surface area contributed by atoms with Crippen molar-refractivity contribution in [2.45, 2.75) is 39.7 Å². The van der Waals surface area contributed by atoms with Crippen molar-refractivity contribution in [3.8, 4) is 5.75 Å². The SMILES string of the molecule is Cc1c2c(c3cc(C=O)oc3c1C)CCC(C)O2. The molecule has 3 nitrogen and oxygen atoms in total. The number of fused-ring (bicyclic) bond motifs is 3. The molecule has 0 aliphatic carbocycles. The van der Waals surface area contributed by atoms with Crippen LogP contribution in [0, 0.1) is 13.8 Å². The molecule has 1 aliphatic heterocycles. The van der Waals surface area contributed by atoms with Crippen molar-refractivity contribution in [3.63, 3.8) is 0 Å². The molecule has 0 spiro atoms. The van der Waals surface area contributed by atoms with Crippen molar-refractivity contribution in [2.24, 2.45) is 0 Å². The van der Waals surface area contributed by atoms with Gasteiger partial charge in [-0.1, -0.05) is 0 Å². The van der Waals surface area contributed by atoms with Crippen LogP contribution in [0.5, 0.6) is 5.75 Å². The summed E-state index contributed by atoms with van der Waals surface area (Å²) in [5.41, 5.74) is 4.19. The highest BCUT2D eigenvalue weighted by Crippen LogP contribution is 2.40. The van der Waals surface area contributed by atoms with Gasteiger partial charge in [0.05, 0.1) is 6.10 Å². The van der Waals surface area contributed by atoms with Gasteiger partial charge in [0.2, 0.25) is 0 Å². The molecule has 0 saturated carbocycles. The van der Waals surface area contributed by atoms with E-state index in [1.807, 2.05) is 13.0 Å². The number of carbonyl (C=O) groups excluding carboxylic acids is 1. The molecule has 0 fully saturated rings. The van der Waals surface area contributed by atoms with Crippen LogP contribution in [0.1, 0.15) is 40.6 Å². The molecule has 0 bridgehead atoms. The Kier molecular flexibility index (Phi) is 2.44. The molecule has 0 radical (unpaired) electrons. The van der Waals surface area contributed by atoms with E-state index in [0.29, 0.717) is 5.76 Å². The minimum atomic E-state index is 0.255. The van der Waals surface area contributed by atoms with Crippen LogP contribution in [0.25, 0.3) is 11.0 Å². The zero-order chi connectivity index (χ0) is 12.9. The molecule has 0 N–H and O–H groups in total. The van der Waals surface area contributed by atoms with Crippen LogP contribution in [0.2, 0.25) is 0 Å². The number of aryl methyl sites for hydroxylation is 2. The van der Waals surface area contributed by atoms with Crippen LogP contribution in [0.3, 0.4) is 0 Å². The summed E-state index contributed by atoms with van der Waals surface area (Å²) in [6.45, 7) is 6.15. The van der Waals surface area contributed by atoms with E-state index in [1.54, 1.807) is 0 Å². The minimum Gasteiger partial charge on any atom is -0.490 e. The lowest BCUT2D eigenvalue weighted by Gasteiger charge is -2.26.